The van der Waals surface area contributed by atoms with Gasteiger partial charge in [0.25, 0.3) is 0 Å². The number of aliphatic hydroxyl groups is 1. The minimum Gasteiger partial charge on any atom is -0.396 e. The van der Waals surface area contributed by atoms with Crippen LogP contribution in [0, 0.1) is 0 Å². The van der Waals surface area contributed by atoms with Gasteiger partial charge < -0.3 is 5.11 Å². The van der Waals surface area contributed by atoms with E-state index >= 15 is 0 Å². The zero-order valence-electron chi connectivity index (χ0n) is 4.28. The molecule has 0 aliphatic carbocycles. The highest BCUT2D eigenvalue weighted by Gasteiger charge is 2.06. The lowest BCUT2D eigenvalue weighted by Crippen LogP contribution is -1.88. The molecular formula is C3H8O3PS+. The van der Waals surface area contributed by atoms with Crippen LogP contribution in [0.4, 0.5) is 0 Å². The highest BCUT2D eigenvalue weighted by Crippen LogP contribution is 2.26. The lowest BCUT2D eigenvalue weighted by atomic mass is 10.5. The monoisotopic (exact) mass is 155 g/mol. The summed E-state index contributed by atoms with van der Waals surface area (Å²) in [4.78, 5) is 0. The molecule has 0 radical (unpaired) electrons. The van der Waals surface area contributed by atoms with Gasteiger partial charge in [0.15, 0.2) is 0 Å². The van der Waals surface area contributed by atoms with Gasteiger partial charge >= 0.3 is 7.23 Å². The Morgan fingerprint density at radius 3 is 2.75 bits per heavy atom. The Hall–Kier alpha value is 0.370. The van der Waals surface area contributed by atoms with Crippen LogP contribution >= 0.6 is 19.5 Å². The quantitative estimate of drug-likeness (QED) is 0.361. The fourth-order valence-electron chi connectivity index (χ4n) is 0.207. The van der Waals surface area contributed by atoms with E-state index < -0.39 is 7.23 Å². The van der Waals surface area contributed by atoms with Gasteiger partial charge in [-0.05, 0) is 11.0 Å². The van der Waals surface area contributed by atoms with Crippen molar-refractivity contribution < 1.29 is 14.2 Å². The number of hydrogen-bond acceptors (Lipinski definition) is 3. The maximum Gasteiger partial charge on any atom is 0.582 e. The second-order valence-electron chi connectivity index (χ2n) is 1.15. The van der Waals surface area contributed by atoms with E-state index in [4.69, 9.17) is 5.11 Å². The average molecular weight is 155 g/mol. The molecule has 0 heterocycles. The highest BCUT2D eigenvalue weighted by molar-refractivity contribution is 8.39. The molecule has 0 aromatic heterocycles. The molecule has 0 bridgehead atoms. The maximum absolute atomic E-state index is 10.0. The first kappa shape index (κ1) is 8.37. The van der Waals surface area contributed by atoms with Crippen molar-refractivity contribution in [1.82, 2.24) is 0 Å². The van der Waals surface area contributed by atoms with Crippen molar-refractivity contribution in [1.29, 1.82) is 0 Å². The molecule has 1 atom stereocenters. The van der Waals surface area contributed by atoms with Crippen LogP contribution in [0.5, 0.6) is 0 Å². The van der Waals surface area contributed by atoms with Gasteiger partial charge in [-0.1, -0.05) is 0 Å². The Morgan fingerprint density at radius 2 is 2.38 bits per heavy atom. The maximum atomic E-state index is 10.0. The van der Waals surface area contributed by atoms with Gasteiger partial charge in [0.1, 0.15) is 18.9 Å². The lowest BCUT2D eigenvalue weighted by Gasteiger charge is -1.83. The standard InChI is InChI=1S/C3H7O3PS/c4-2-1-3-6-7(5)8/h4H,1-3H2/p+1. The first-order chi connectivity index (χ1) is 3.77. The third-order valence-electron chi connectivity index (χ3n) is 0.504. The van der Waals surface area contributed by atoms with E-state index in [1.807, 2.05) is 0 Å². The van der Waals surface area contributed by atoms with Gasteiger partial charge in [-0.2, -0.15) is 0 Å². The smallest absolute Gasteiger partial charge is 0.396 e. The number of thiol groups is 1. The Balaban J connectivity index is 2.82. The van der Waals surface area contributed by atoms with Crippen LogP contribution in [0.2, 0.25) is 0 Å². The predicted molar refractivity (Wildman–Crippen MR) is 34.2 cm³/mol. The van der Waals surface area contributed by atoms with E-state index in [0.717, 1.165) is 0 Å². The summed E-state index contributed by atoms with van der Waals surface area (Å²) in [6, 6.07) is 0. The molecule has 8 heavy (non-hydrogen) atoms. The van der Waals surface area contributed by atoms with Crippen LogP contribution < -0.4 is 0 Å². The molecule has 0 aliphatic rings. The minimum atomic E-state index is -1.78. The second-order valence-corrected chi connectivity index (χ2v) is 2.86. The fraction of sp³-hybridized carbons (Fsp3) is 1.00. The van der Waals surface area contributed by atoms with Gasteiger partial charge in [-0.25, -0.2) is 0 Å². The van der Waals surface area contributed by atoms with Crippen molar-refractivity contribution in [2.45, 2.75) is 6.42 Å². The van der Waals surface area contributed by atoms with Crippen LogP contribution in [-0.2, 0) is 9.09 Å². The van der Waals surface area contributed by atoms with Gasteiger partial charge in [0.05, 0.1) is 0 Å². The molecule has 0 rings (SSSR count). The Bertz CT molecular complexity index is 76.9. The molecule has 3 nitrogen and oxygen atoms in total. The summed E-state index contributed by atoms with van der Waals surface area (Å²) in [5.74, 6) is 0. The van der Waals surface area contributed by atoms with E-state index in [-0.39, 0.29) is 6.61 Å². The van der Waals surface area contributed by atoms with Gasteiger partial charge in [-0.3, -0.25) is 0 Å². The van der Waals surface area contributed by atoms with Crippen LogP contribution in [0.25, 0.3) is 0 Å². The van der Waals surface area contributed by atoms with Gasteiger partial charge in [0.2, 0.25) is 0 Å². The number of hydrogen-bond donors (Lipinski definition) is 2. The molecule has 1 N–H and O–H groups in total. The van der Waals surface area contributed by atoms with Crippen molar-refractivity contribution in [3.63, 3.8) is 0 Å². The summed E-state index contributed by atoms with van der Waals surface area (Å²) in [5.41, 5.74) is 0. The normalized spacial score (nSPS) is 11.5. The number of aliphatic hydroxyl groups excluding tert-OH is 1. The average Bonchev–Trinajstić information content (AvgIpc) is 1.66. The molecule has 0 amide bonds. The molecule has 1 unspecified atom stereocenters. The Kier molecular flexibility index (Phi) is 5.76. The largest absolute Gasteiger partial charge is 0.582 e. The summed E-state index contributed by atoms with van der Waals surface area (Å²) in [6.45, 7) is 0.381. The molecule has 0 aromatic carbocycles. The summed E-state index contributed by atoms with van der Waals surface area (Å²) < 4.78 is 14.5. The zero-order valence-corrected chi connectivity index (χ0v) is 6.07. The molecule has 0 saturated carbocycles. The zero-order chi connectivity index (χ0) is 6.41. The minimum absolute atomic E-state index is 0.0664. The summed E-state index contributed by atoms with van der Waals surface area (Å²) in [7, 11) is -1.78. The third-order valence-corrected chi connectivity index (χ3v) is 1.25. The van der Waals surface area contributed by atoms with Gasteiger partial charge in [-0.15, -0.1) is 4.52 Å². The Labute approximate surface area is 54.1 Å². The van der Waals surface area contributed by atoms with Crippen molar-refractivity contribution >= 4 is 19.5 Å². The molecular weight excluding hydrogens is 147 g/mol. The van der Waals surface area contributed by atoms with Crippen LogP contribution in [0.3, 0.4) is 0 Å². The second kappa shape index (κ2) is 5.51. The molecule has 48 valence electrons. The van der Waals surface area contributed by atoms with Gasteiger partial charge in [0, 0.05) is 6.61 Å². The van der Waals surface area contributed by atoms with Crippen LogP contribution in [0.15, 0.2) is 0 Å². The van der Waals surface area contributed by atoms with Crippen molar-refractivity contribution in [3.8, 4) is 0 Å². The van der Waals surface area contributed by atoms with Crippen LogP contribution in [0.1, 0.15) is 6.42 Å². The Morgan fingerprint density at radius 1 is 1.75 bits per heavy atom. The predicted octanol–water partition coefficient (Wildman–Crippen LogP) is 0.973. The molecule has 0 fully saturated rings. The highest BCUT2D eigenvalue weighted by atomic mass is 32.7. The first-order valence-corrected chi connectivity index (χ1v) is 4.50. The molecule has 0 aromatic rings. The van der Waals surface area contributed by atoms with E-state index in [2.05, 4.69) is 16.8 Å². The van der Waals surface area contributed by atoms with E-state index in [1.165, 1.54) is 0 Å². The first-order valence-electron chi connectivity index (χ1n) is 2.17. The summed E-state index contributed by atoms with van der Waals surface area (Å²) in [5, 5.41) is 8.18. The summed E-state index contributed by atoms with van der Waals surface area (Å²) in [6.07, 6.45) is 0.516. The van der Waals surface area contributed by atoms with Crippen LogP contribution in [-0.4, -0.2) is 18.3 Å². The molecule has 0 spiro atoms. The van der Waals surface area contributed by atoms with Crippen molar-refractivity contribution in [3.05, 3.63) is 0 Å². The van der Waals surface area contributed by atoms with E-state index in [1.54, 1.807) is 0 Å². The van der Waals surface area contributed by atoms with E-state index in [9.17, 15) is 4.57 Å². The summed E-state index contributed by atoms with van der Waals surface area (Å²) >= 11 is 3.48. The topological polar surface area (TPSA) is 46.5 Å². The van der Waals surface area contributed by atoms with Crippen molar-refractivity contribution in [2.75, 3.05) is 13.2 Å². The third kappa shape index (κ3) is 6.37. The number of rotatable bonds is 4. The molecule has 5 heteroatoms. The molecule has 0 aliphatic heterocycles. The lowest BCUT2D eigenvalue weighted by molar-refractivity contribution is 0.242. The fourth-order valence-corrected chi connectivity index (χ4v) is 0.737. The molecule has 0 saturated heterocycles. The van der Waals surface area contributed by atoms with E-state index in [0.29, 0.717) is 13.0 Å². The SMILES string of the molecule is O=[P+](S)OCCCO. The van der Waals surface area contributed by atoms with Crippen molar-refractivity contribution in [2.24, 2.45) is 0 Å².